The van der Waals surface area contributed by atoms with Crippen molar-refractivity contribution in [3.63, 3.8) is 0 Å². The molecule has 1 aliphatic rings. The van der Waals surface area contributed by atoms with E-state index in [0.29, 0.717) is 11.5 Å². The topological polar surface area (TPSA) is 12.0 Å². The Morgan fingerprint density at radius 2 is 1.85 bits per heavy atom. The van der Waals surface area contributed by atoms with Crippen molar-refractivity contribution >= 4 is 0 Å². The quantitative estimate of drug-likeness (QED) is 0.839. The third-order valence-electron chi connectivity index (χ3n) is 4.59. The Labute approximate surface area is 120 Å². The summed E-state index contributed by atoms with van der Waals surface area (Å²) in [5.41, 5.74) is 0.764. The molecule has 0 heterocycles. The molecule has 0 spiro atoms. The maximum absolute atomic E-state index is 14.4. The average Bonchev–Trinajstić information content (AvgIpc) is 2.43. The van der Waals surface area contributed by atoms with E-state index in [1.165, 1.54) is 12.1 Å². The van der Waals surface area contributed by atoms with E-state index in [9.17, 15) is 8.78 Å². The Hall–Kier alpha value is -0.960. The van der Waals surface area contributed by atoms with Crippen LogP contribution in [0.15, 0.2) is 12.1 Å². The minimum Gasteiger partial charge on any atom is -0.310 e. The van der Waals surface area contributed by atoms with Gasteiger partial charge in [0.15, 0.2) is 0 Å². The highest BCUT2D eigenvalue weighted by Gasteiger charge is 2.30. The SMILES string of the molecule is CCNC(c1c(F)ccc(C)c1F)C1CCC(C)CC1. The summed E-state index contributed by atoms with van der Waals surface area (Å²) in [5, 5.41) is 3.31. The summed E-state index contributed by atoms with van der Waals surface area (Å²) in [5.74, 6) is 0.268. The van der Waals surface area contributed by atoms with E-state index in [-0.39, 0.29) is 17.4 Å². The molecule has 1 atom stereocenters. The van der Waals surface area contributed by atoms with Gasteiger partial charge in [0.25, 0.3) is 0 Å². The van der Waals surface area contributed by atoms with E-state index in [1.807, 2.05) is 6.92 Å². The fourth-order valence-corrected chi connectivity index (χ4v) is 3.31. The Morgan fingerprint density at radius 3 is 2.45 bits per heavy atom. The van der Waals surface area contributed by atoms with E-state index in [2.05, 4.69) is 12.2 Å². The van der Waals surface area contributed by atoms with Gasteiger partial charge >= 0.3 is 0 Å². The van der Waals surface area contributed by atoms with Crippen LogP contribution >= 0.6 is 0 Å². The van der Waals surface area contributed by atoms with Crippen molar-refractivity contribution in [2.24, 2.45) is 11.8 Å². The van der Waals surface area contributed by atoms with Crippen molar-refractivity contribution in [2.75, 3.05) is 6.54 Å². The molecule has 0 aromatic heterocycles. The molecule has 112 valence electrons. The molecular weight excluding hydrogens is 256 g/mol. The van der Waals surface area contributed by atoms with E-state index < -0.39 is 5.82 Å². The molecule has 1 nitrogen and oxygen atoms in total. The summed E-state index contributed by atoms with van der Waals surface area (Å²) in [6.07, 6.45) is 4.40. The molecular formula is C17H25F2N. The maximum Gasteiger partial charge on any atom is 0.133 e. The van der Waals surface area contributed by atoms with Gasteiger partial charge in [0.1, 0.15) is 11.6 Å². The molecule has 0 saturated heterocycles. The lowest BCUT2D eigenvalue weighted by Gasteiger charge is -2.34. The van der Waals surface area contributed by atoms with Crippen molar-refractivity contribution < 1.29 is 8.78 Å². The van der Waals surface area contributed by atoms with Crippen LogP contribution in [-0.4, -0.2) is 6.54 Å². The monoisotopic (exact) mass is 281 g/mol. The molecule has 1 saturated carbocycles. The number of aryl methyl sites for hydroxylation is 1. The summed E-state index contributed by atoms with van der Waals surface area (Å²) >= 11 is 0. The maximum atomic E-state index is 14.4. The van der Waals surface area contributed by atoms with Gasteiger partial charge in [0, 0.05) is 11.6 Å². The van der Waals surface area contributed by atoms with Crippen molar-refractivity contribution in [3.8, 4) is 0 Å². The van der Waals surface area contributed by atoms with Crippen molar-refractivity contribution in [1.82, 2.24) is 5.32 Å². The Balaban J connectivity index is 2.31. The largest absolute Gasteiger partial charge is 0.310 e. The van der Waals surface area contributed by atoms with Crippen LogP contribution in [0.4, 0.5) is 8.78 Å². The molecule has 1 N–H and O–H groups in total. The Bertz CT molecular complexity index is 451. The van der Waals surface area contributed by atoms with Crippen molar-refractivity contribution in [2.45, 2.75) is 52.5 Å². The lowest BCUT2D eigenvalue weighted by molar-refractivity contribution is 0.226. The summed E-state index contributed by atoms with van der Waals surface area (Å²) < 4.78 is 28.5. The lowest BCUT2D eigenvalue weighted by atomic mass is 9.77. The van der Waals surface area contributed by atoms with Crippen LogP contribution in [0.1, 0.15) is 56.7 Å². The zero-order valence-corrected chi connectivity index (χ0v) is 12.7. The van der Waals surface area contributed by atoms with Gasteiger partial charge in [-0.25, -0.2) is 8.78 Å². The Morgan fingerprint density at radius 1 is 1.20 bits per heavy atom. The molecule has 0 radical (unpaired) electrons. The van der Waals surface area contributed by atoms with Crippen LogP contribution in [-0.2, 0) is 0 Å². The molecule has 1 aliphatic carbocycles. The number of benzene rings is 1. The van der Waals surface area contributed by atoms with E-state index in [4.69, 9.17) is 0 Å². The minimum atomic E-state index is -0.419. The van der Waals surface area contributed by atoms with Crippen LogP contribution in [0.5, 0.6) is 0 Å². The molecule has 1 fully saturated rings. The predicted octanol–water partition coefficient (Wildman–Crippen LogP) is 4.75. The molecule has 0 bridgehead atoms. The third kappa shape index (κ3) is 3.20. The van der Waals surface area contributed by atoms with Crippen molar-refractivity contribution in [1.29, 1.82) is 0 Å². The number of hydrogen-bond donors (Lipinski definition) is 1. The van der Waals surface area contributed by atoms with E-state index >= 15 is 0 Å². The summed E-state index contributed by atoms with van der Waals surface area (Å²) in [7, 11) is 0. The third-order valence-corrected chi connectivity index (χ3v) is 4.59. The first-order valence-electron chi connectivity index (χ1n) is 7.72. The minimum absolute atomic E-state index is 0.201. The molecule has 0 amide bonds. The van der Waals surface area contributed by atoms with Crippen LogP contribution in [0.25, 0.3) is 0 Å². The highest BCUT2D eigenvalue weighted by molar-refractivity contribution is 5.30. The highest BCUT2D eigenvalue weighted by atomic mass is 19.1. The second-order valence-electron chi connectivity index (χ2n) is 6.15. The fraction of sp³-hybridized carbons (Fsp3) is 0.647. The molecule has 2 rings (SSSR count). The summed E-state index contributed by atoms with van der Waals surface area (Å²) in [6.45, 7) is 6.67. The van der Waals surface area contributed by atoms with E-state index in [0.717, 1.165) is 38.1 Å². The number of rotatable bonds is 4. The number of hydrogen-bond acceptors (Lipinski definition) is 1. The van der Waals surface area contributed by atoms with Gasteiger partial charge in [-0.1, -0.05) is 32.8 Å². The number of nitrogens with one attached hydrogen (secondary N) is 1. The fourth-order valence-electron chi connectivity index (χ4n) is 3.31. The van der Waals surface area contributed by atoms with Crippen molar-refractivity contribution in [3.05, 3.63) is 34.9 Å². The molecule has 20 heavy (non-hydrogen) atoms. The first-order valence-corrected chi connectivity index (χ1v) is 7.72. The van der Waals surface area contributed by atoms with Crippen LogP contribution in [0, 0.1) is 30.4 Å². The summed E-state index contributed by atoms with van der Waals surface area (Å²) in [6, 6.07) is 2.70. The lowest BCUT2D eigenvalue weighted by Crippen LogP contribution is -2.32. The van der Waals surface area contributed by atoms with Gasteiger partial charge in [-0.2, -0.15) is 0 Å². The average molecular weight is 281 g/mol. The van der Waals surface area contributed by atoms with Gasteiger partial charge in [-0.15, -0.1) is 0 Å². The summed E-state index contributed by atoms with van der Waals surface area (Å²) in [4.78, 5) is 0. The number of halogens is 2. The van der Waals surface area contributed by atoms with Gasteiger partial charge in [0.2, 0.25) is 0 Å². The molecule has 0 aliphatic heterocycles. The van der Waals surface area contributed by atoms with E-state index in [1.54, 1.807) is 6.92 Å². The zero-order valence-electron chi connectivity index (χ0n) is 12.7. The second kappa shape index (κ2) is 6.66. The smallest absolute Gasteiger partial charge is 0.133 e. The normalized spacial score (nSPS) is 24.6. The predicted molar refractivity (Wildman–Crippen MR) is 78.6 cm³/mol. The Kier molecular flexibility index (Phi) is 5.14. The molecule has 1 aromatic carbocycles. The highest BCUT2D eigenvalue weighted by Crippen LogP contribution is 2.38. The van der Waals surface area contributed by atoms with Crippen LogP contribution < -0.4 is 5.32 Å². The van der Waals surface area contributed by atoms with Gasteiger partial charge in [0.05, 0.1) is 0 Å². The van der Waals surface area contributed by atoms with Crippen LogP contribution in [0.2, 0.25) is 0 Å². The first kappa shape index (κ1) is 15.4. The molecule has 1 unspecified atom stereocenters. The van der Waals surface area contributed by atoms with Crippen LogP contribution in [0.3, 0.4) is 0 Å². The second-order valence-corrected chi connectivity index (χ2v) is 6.15. The zero-order chi connectivity index (χ0) is 14.7. The molecule has 1 aromatic rings. The van der Waals surface area contributed by atoms with Gasteiger partial charge < -0.3 is 5.32 Å². The first-order chi connectivity index (χ1) is 9.54. The van der Waals surface area contributed by atoms with Gasteiger partial charge in [-0.3, -0.25) is 0 Å². The molecule has 3 heteroatoms. The standard InChI is InChI=1S/C17H25F2N/c1-4-20-17(13-8-5-11(2)6-9-13)15-14(18)10-7-12(3)16(15)19/h7,10-11,13,17,20H,4-6,8-9H2,1-3H3. The van der Waals surface area contributed by atoms with Gasteiger partial charge in [-0.05, 0) is 49.8 Å².